The summed E-state index contributed by atoms with van der Waals surface area (Å²) in [6, 6.07) is 24.0. The Morgan fingerprint density at radius 3 is 2.21 bits per heavy atom. The van der Waals surface area contributed by atoms with Gasteiger partial charge in [0.1, 0.15) is 5.75 Å². The van der Waals surface area contributed by atoms with E-state index in [0.29, 0.717) is 5.56 Å². The van der Waals surface area contributed by atoms with Crippen LogP contribution in [0.2, 0.25) is 0 Å². The Morgan fingerprint density at radius 1 is 0.964 bits per heavy atom. The number of aryl methyl sites for hydroxylation is 1. The SMILES string of the molecule is COc1ccc([C@@H](C)NC(=O)c2ccc(CSc3ccc(C)cc3)cc2)cc1. The van der Waals surface area contributed by atoms with Crippen molar-refractivity contribution in [1.82, 2.24) is 5.32 Å². The van der Waals surface area contributed by atoms with Crippen LogP contribution in [0.3, 0.4) is 0 Å². The van der Waals surface area contributed by atoms with E-state index in [1.54, 1.807) is 18.9 Å². The van der Waals surface area contributed by atoms with Crippen LogP contribution in [0.25, 0.3) is 0 Å². The number of amides is 1. The van der Waals surface area contributed by atoms with Crippen LogP contribution in [-0.2, 0) is 5.75 Å². The Balaban J connectivity index is 1.55. The molecular formula is C24H25NO2S. The quantitative estimate of drug-likeness (QED) is 0.518. The third kappa shape index (κ3) is 5.40. The van der Waals surface area contributed by atoms with Gasteiger partial charge in [0.25, 0.3) is 5.91 Å². The van der Waals surface area contributed by atoms with Gasteiger partial charge in [-0.15, -0.1) is 11.8 Å². The first-order chi connectivity index (χ1) is 13.5. The molecule has 0 saturated carbocycles. The minimum absolute atomic E-state index is 0.0685. The number of rotatable bonds is 7. The second-order valence-electron chi connectivity index (χ2n) is 6.77. The Labute approximate surface area is 171 Å². The summed E-state index contributed by atoms with van der Waals surface area (Å²) in [5.41, 5.74) is 4.18. The fourth-order valence-corrected chi connectivity index (χ4v) is 3.66. The summed E-state index contributed by atoms with van der Waals surface area (Å²) in [6.07, 6.45) is 0. The van der Waals surface area contributed by atoms with Gasteiger partial charge in [-0.1, -0.05) is 42.0 Å². The van der Waals surface area contributed by atoms with Gasteiger partial charge in [0, 0.05) is 16.2 Å². The molecule has 0 aliphatic carbocycles. The molecule has 1 atom stereocenters. The zero-order valence-electron chi connectivity index (χ0n) is 16.4. The summed E-state index contributed by atoms with van der Waals surface area (Å²) in [5.74, 6) is 1.62. The van der Waals surface area contributed by atoms with Gasteiger partial charge >= 0.3 is 0 Å². The molecule has 0 aliphatic rings. The molecule has 0 fully saturated rings. The highest BCUT2D eigenvalue weighted by atomic mass is 32.2. The van der Waals surface area contributed by atoms with Gasteiger partial charge in [-0.3, -0.25) is 4.79 Å². The molecule has 3 rings (SSSR count). The lowest BCUT2D eigenvalue weighted by Crippen LogP contribution is -2.26. The van der Waals surface area contributed by atoms with Gasteiger partial charge < -0.3 is 10.1 Å². The highest BCUT2D eigenvalue weighted by Gasteiger charge is 2.11. The summed E-state index contributed by atoms with van der Waals surface area (Å²) >= 11 is 1.80. The zero-order chi connectivity index (χ0) is 19.9. The van der Waals surface area contributed by atoms with Gasteiger partial charge in [0.05, 0.1) is 13.2 Å². The number of carbonyl (C=O) groups excluding carboxylic acids is 1. The lowest BCUT2D eigenvalue weighted by Gasteiger charge is -2.15. The standard InChI is InChI=1S/C24H25NO2S/c1-17-4-14-23(15-5-17)28-16-19-6-8-21(9-7-19)24(26)25-18(2)20-10-12-22(27-3)13-11-20/h4-15,18H,16H2,1-3H3,(H,25,26)/t18-/m1/s1. The molecule has 0 heterocycles. The van der Waals surface area contributed by atoms with Crippen molar-refractivity contribution in [3.05, 3.63) is 95.1 Å². The first-order valence-electron chi connectivity index (χ1n) is 9.28. The molecule has 3 aromatic carbocycles. The van der Waals surface area contributed by atoms with Crippen molar-refractivity contribution in [1.29, 1.82) is 0 Å². The Kier molecular flexibility index (Phi) is 6.77. The van der Waals surface area contributed by atoms with Crippen molar-refractivity contribution in [2.75, 3.05) is 7.11 Å². The van der Waals surface area contributed by atoms with Gasteiger partial charge in [0.15, 0.2) is 0 Å². The third-order valence-electron chi connectivity index (χ3n) is 4.61. The minimum Gasteiger partial charge on any atom is -0.497 e. The van der Waals surface area contributed by atoms with Gasteiger partial charge in [0.2, 0.25) is 0 Å². The monoisotopic (exact) mass is 391 g/mol. The molecule has 3 nitrogen and oxygen atoms in total. The van der Waals surface area contributed by atoms with Crippen LogP contribution >= 0.6 is 11.8 Å². The van der Waals surface area contributed by atoms with Crippen LogP contribution in [0.5, 0.6) is 5.75 Å². The van der Waals surface area contributed by atoms with E-state index < -0.39 is 0 Å². The van der Waals surface area contributed by atoms with Crippen molar-refractivity contribution in [2.45, 2.75) is 30.5 Å². The second kappa shape index (κ2) is 9.47. The first kappa shape index (κ1) is 20.0. The van der Waals surface area contributed by atoms with Crippen LogP contribution < -0.4 is 10.1 Å². The van der Waals surface area contributed by atoms with Crippen molar-refractivity contribution >= 4 is 17.7 Å². The summed E-state index contributed by atoms with van der Waals surface area (Å²) in [6.45, 7) is 4.07. The molecular weight excluding hydrogens is 366 g/mol. The second-order valence-corrected chi connectivity index (χ2v) is 7.82. The van der Waals surface area contributed by atoms with E-state index in [1.165, 1.54) is 16.0 Å². The third-order valence-corrected chi connectivity index (χ3v) is 5.69. The number of methoxy groups -OCH3 is 1. The van der Waals surface area contributed by atoms with E-state index in [4.69, 9.17) is 4.74 Å². The van der Waals surface area contributed by atoms with Crippen LogP contribution in [0.1, 0.15) is 40.0 Å². The maximum Gasteiger partial charge on any atom is 0.251 e. The fraction of sp³-hybridized carbons (Fsp3) is 0.208. The van der Waals surface area contributed by atoms with E-state index in [9.17, 15) is 4.79 Å². The summed E-state index contributed by atoms with van der Waals surface area (Å²) < 4.78 is 5.17. The topological polar surface area (TPSA) is 38.3 Å². The number of hydrogen-bond acceptors (Lipinski definition) is 3. The van der Waals surface area contributed by atoms with Gasteiger partial charge in [-0.25, -0.2) is 0 Å². The number of nitrogens with one attached hydrogen (secondary N) is 1. The van der Waals surface area contributed by atoms with E-state index in [2.05, 4.69) is 36.5 Å². The predicted octanol–water partition coefficient (Wildman–Crippen LogP) is 5.79. The number of carbonyl (C=O) groups is 1. The lowest BCUT2D eigenvalue weighted by molar-refractivity contribution is 0.0940. The molecule has 3 aromatic rings. The molecule has 0 radical (unpaired) electrons. The maximum absolute atomic E-state index is 12.5. The van der Waals surface area contributed by atoms with Crippen molar-refractivity contribution in [3.63, 3.8) is 0 Å². The summed E-state index contributed by atoms with van der Waals surface area (Å²) in [4.78, 5) is 13.8. The molecule has 1 amide bonds. The highest BCUT2D eigenvalue weighted by molar-refractivity contribution is 7.98. The van der Waals surface area contributed by atoms with Crippen LogP contribution in [-0.4, -0.2) is 13.0 Å². The molecule has 4 heteroatoms. The fourth-order valence-electron chi connectivity index (χ4n) is 2.81. The van der Waals surface area contributed by atoms with Gasteiger partial charge in [-0.2, -0.15) is 0 Å². The number of thioether (sulfide) groups is 1. The Bertz CT molecular complexity index is 903. The van der Waals surface area contributed by atoms with E-state index in [-0.39, 0.29) is 11.9 Å². The van der Waals surface area contributed by atoms with Crippen LogP contribution in [0.4, 0.5) is 0 Å². The molecule has 0 unspecified atom stereocenters. The Morgan fingerprint density at radius 2 is 1.61 bits per heavy atom. The number of benzene rings is 3. The van der Waals surface area contributed by atoms with E-state index >= 15 is 0 Å². The predicted molar refractivity (Wildman–Crippen MR) is 116 cm³/mol. The normalized spacial score (nSPS) is 11.7. The molecule has 0 aromatic heterocycles. The summed E-state index contributed by atoms with van der Waals surface area (Å²) in [5, 5.41) is 3.05. The molecule has 0 saturated heterocycles. The zero-order valence-corrected chi connectivity index (χ0v) is 17.3. The number of hydrogen-bond donors (Lipinski definition) is 1. The molecule has 28 heavy (non-hydrogen) atoms. The number of ether oxygens (including phenoxy) is 1. The largest absolute Gasteiger partial charge is 0.497 e. The smallest absolute Gasteiger partial charge is 0.251 e. The molecule has 0 spiro atoms. The van der Waals surface area contributed by atoms with E-state index in [1.807, 2.05) is 55.5 Å². The molecule has 1 N–H and O–H groups in total. The minimum atomic E-state index is -0.0739. The van der Waals surface area contributed by atoms with E-state index in [0.717, 1.165) is 17.1 Å². The highest BCUT2D eigenvalue weighted by Crippen LogP contribution is 2.23. The Hall–Kier alpha value is -2.72. The molecule has 144 valence electrons. The molecule has 0 aliphatic heterocycles. The van der Waals surface area contributed by atoms with Crippen molar-refractivity contribution < 1.29 is 9.53 Å². The van der Waals surface area contributed by atoms with Gasteiger partial charge in [-0.05, 0) is 61.4 Å². The molecule has 0 bridgehead atoms. The average Bonchev–Trinajstić information content (AvgIpc) is 2.73. The summed E-state index contributed by atoms with van der Waals surface area (Å²) in [7, 11) is 1.64. The van der Waals surface area contributed by atoms with Crippen molar-refractivity contribution in [2.24, 2.45) is 0 Å². The van der Waals surface area contributed by atoms with Crippen LogP contribution in [0.15, 0.2) is 77.7 Å². The first-order valence-corrected chi connectivity index (χ1v) is 10.3. The van der Waals surface area contributed by atoms with Crippen molar-refractivity contribution in [3.8, 4) is 5.75 Å². The van der Waals surface area contributed by atoms with Crippen LogP contribution in [0, 0.1) is 6.92 Å². The maximum atomic E-state index is 12.5. The lowest BCUT2D eigenvalue weighted by atomic mass is 10.1. The average molecular weight is 392 g/mol.